The summed E-state index contributed by atoms with van der Waals surface area (Å²) in [6.45, 7) is 2.35. The number of aromatic nitrogens is 2. The van der Waals surface area contributed by atoms with Gasteiger partial charge in [-0.05, 0) is 30.2 Å². The fourth-order valence-electron chi connectivity index (χ4n) is 3.62. The molecule has 0 bridgehead atoms. The number of anilines is 1. The van der Waals surface area contributed by atoms with E-state index in [-0.39, 0.29) is 6.61 Å². The van der Waals surface area contributed by atoms with Crippen molar-refractivity contribution >= 4 is 17.7 Å². The van der Waals surface area contributed by atoms with Crippen LogP contribution < -0.4 is 11.1 Å². The summed E-state index contributed by atoms with van der Waals surface area (Å²) in [5.74, 6) is -0.657. The molecule has 1 heterocycles. The van der Waals surface area contributed by atoms with Gasteiger partial charge in [-0.1, -0.05) is 72.8 Å². The number of hydrogen-bond donors (Lipinski definition) is 2. The average molecular weight is 453 g/mol. The number of ether oxygens (including phenoxy) is 1. The van der Waals surface area contributed by atoms with E-state index < -0.39 is 11.9 Å². The monoisotopic (exact) mass is 452 g/mol. The van der Waals surface area contributed by atoms with Crippen LogP contribution in [0.15, 0.2) is 84.9 Å². The van der Waals surface area contributed by atoms with Crippen molar-refractivity contribution in [3.8, 4) is 22.4 Å². The summed E-state index contributed by atoms with van der Waals surface area (Å²) >= 11 is 0. The molecule has 0 aliphatic heterocycles. The first-order valence-electron chi connectivity index (χ1n) is 10.9. The molecule has 0 spiro atoms. The molecule has 3 aromatic carbocycles. The van der Waals surface area contributed by atoms with Crippen molar-refractivity contribution in [2.45, 2.75) is 13.5 Å². The third-order valence-corrected chi connectivity index (χ3v) is 5.26. The van der Waals surface area contributed by atoms with E-state index in [1.807, 2.05) is 60.7 Å². The Hall–Kier alpha value is -4.52. The van der Waals surface area contributed by atoms with Gasteiger partial charge in [0.25, 0.3) is 0 Å². The third-order valence-electron chi connectivity index (χ3n) is 5.26. The van der Waals surface area contributed by atoms with Gasteiger partial charge in [0.15, 0.2) is 5.82 Å². The highest BCUT2D eigenvalue weighted by atomic mass is 16.5. The van der Waals surface area contributed by atoms with Crippen molar-refractivity contribution in [2.75, 3.05) is 11.9 Å². The molecule has 0 aliphatic carbocycles. The van der Waals surface area contributed by atoms with E-state index in [4.69, 9.17) is 10.5 Å². The maximum Gasteiger partial charge on any atom is 0.342 e. The zero-order valence-electron chi connectivity index (χ0n) is 18.7. The summed E-state index contributed by atoms with van der Waals surface area (Å²) in [6, 6.07) is 26.1. The van der Waals surface area contributed by atoms with Gasteiger partial charge < -0.3 is 15.8 Å². The van der Waals surface area contributed by atoms with E-state index >= 15 is 0 Å². The van der Waals surface area contributed by atoms with Crippen molar-refractivity contribution < 1.29 is 14.3 Å². The summed E-state index contributed by atoms with van der Waals surface area (Å²) in [5, 5.41) is 12.1. The van der Waals surface area contributed by atoms with Crippen LogP contribution in [0.2, 0.25) is 0 Å². The third kappa shape index (κ3) is 4.94. The molecule has 0 fully saturated rings. The molecule has 0 saturated carbocycles. The Morgan fingerprint density at radius 2 is 1.47 bits per heavy atom. The molecule has 0 saturated heterocycles. The highest BCUT2D eigenvalue weighted by Crippen LogP contribution is 2.36. The lowest BCUT2D eigenvalue weighted by Gasteiger charge is -2.17. The van der Waals surface area contributed by atoms with Crippen LogP contribution in [0.25, 0.3) is 22.4 Å². The standard InChI is InChI=1S/C27H24N4O3/c1-2-34-27(33)23-22(19-9-5-3-6-10-19)24(20-11-7-4-8-12-20)30-31-26(23)29-17-18-13-15-21(16-14-18)25(28)32/h3-16H,2,17H2,1H3,(H2,28,32)(H,29,31). The number of nitrogens with one attached hydrogen (secondary N) is 1. The zero-order valence-corrected chi connectivity index (χ0v) is 18.7. The first kappa shape index (κ1) is 22.7. The van der Waals surface area contributed by atoms with Gasteiger partial charge in [-0.2, -0.15) is 0 Å². The summed E-state index contributed by atoms with van der Waals surface area (Å²) in [4.78, 5) is 24.5. The molecule has 0 aliphatic rings. The van der Waals surface area contributed by atoms with E-state index in [9.17, 15) is 9.59 Å². The fourth-order valence-corrected chi connectivity index (χ4v) is 3.62. The first-order chi connectivity index (χ1) is 16.6. The lowest BCUT2D eigenvalue weighted by molar-refractivity contribution is 0.0527. The molecule has 0 unspecified atom stereocenters. The second kappa shape index (κ2) is 10.4. The number of hydrogen-bond acceptors (Lipinski definition) is 6. The Balaban J connectivity index is 1.81. The van der Waals surface area contributed by atoms with Gasteiger partial charge in [0.1, 0.15) is 11.3 Å². The summed E-state index contributed by atoms with van der Waals surface area (Å²) in [6.07, 6.45) is 0. The van der Waals surface area contributed by atoms with E-state index in [0.717, 1.165) is 16.7 Å². The Morgan fingerprint density at radius 1 is 0.853 bits per heavy atom. The number of carbonyl (C=O) groups is 2. The second-order valence-corrected chi connectivity index (χ2v) is 7.51. The van der Waals surface area contributed by atoms with Crippen LogP contribution in [0.5, 0.6) is 0 Å². The molecule has 7 nitrogen and oxygen atoms in total. The van der Waals surface area contributed by atoms with E-state index in [1.54, 1.807) is 31.2 Å². The number of nitrogens with two attached hydrogens (primary N) is 1. The van der Waals surface area contributed by atoms with Crippen LogP contribution >= 0.6 is 0 Å². The Labute approximate surface area is 197 Å². The zero-order chi connectivity index (χ0) is 23.9. The predicted octanol–water partition coefficient (Wildman–Crippen LogP) is 4.70. The number of benzene rings is 3. The van der Waals surface area contributed by atoms with Crippen molar-refractivity contribution in [3.05, 3.63) is 102 Å². The molecule has 4 rings (SSSR count). The van der Waals surface area contributed by atoms with Gasteiger partial charge in [0.05, 0.1) is 6.61 Å². The topological polar surface area (TPSA) is 107 Å². The molecule has 3 N–H and O–H groups in total. The normalized spacial score (nSPS) is 10.5. The smallest absolute Gasteiger partial charge is 0.342 e. The molecule has 0 atom stereocenters. The number of amides is 1. The van der Waals surface area contributed by atoms with Crippen LogP contribution in [-0.2, 0) is 11.3 Å². The fraction of sp³-hybridized carbons (Fsp3) is 0.111. The van der Waals surface area contributed by atoms with Gasteiger partial charge in [-0.3, -0.25) is 4.79 Å². The quantitative estimate of drug-likeness (QED) is 0.375. The molecule has 4 aromatic rings. The minimum Gasteiger partial charge on any atom is -0.462 e. The number of rotatable bonds is 8. The highest BCUT2D eigenvalue weighted by Gasteiger charge is 2.25. The van der Waals surface area contributed by atoms with E-state index in [2.05, 4.69) is 15.5 Å². The molecule has 0 radical (unpaired) electrons. The van der Waals surface area contributed by atoms with Crippen molar-refractivity contribution in [3.63, 3.8) is 0 Å². The SMILES string of the molecule is CCOC(=O)c1c(NCc2ccc(C(N)=O)cc2)nnc(-c2ccccc2)c1-c1ccccc1. The molecule has 170 valence electrons. The molecule has 7 heteroatoms. The maximum atomic E-state index is 13.2. The Morgan fingerprint density at radius 3 is 2.06 bits per heavy atom. The van der Waals surface area contributed by atoms with Crippen molar-refractivity contribution in [1.29, 1.82) is 0 Å². The molecular weight excluding hydrogens is 428 g/mol. The second-order valence-electron chi connectivity index (χ2n) is 7.51. The van der Waals surface area contributed by atoms with Gasteiger partial charge in [0.2, 0.25) is 5.91 Å². The average Bonchev–Trinajstić information content (AvgIpc) is 2.88. The number of primary amides is 1. The Kier molecular flexibility index (Phi) is 6.93. The Bertz CT molecular complexity index is 1290. The van der Waals surface area contributed by atoms with E-state index in [1.165, 1.54) is 0 Å². The lowest BCUT2D eigenvalue weighted by Crippen LogP contribution is -2.15. The van der Waals surface area contributed by atoms with Gasteiger partial charge in [0, 0.05) is 23.2 Å². The van der Waals surface area contributed by atoms with Crippen LogP contribution in [0.1, 0.15) is 33.2 Å². The molecule has 34 heavy (non-hydrogen) atoms. The largest absolute Gasteiger partial charge is 0.462 e. The van der Waals surface area contributed by atoms with Crippen LogP contribution in [0.3, 0.4) is 0 Å². The van der Waals surface area contributed by atoms with Gasteiger partial charge in [-0.15, -0.1) is 10.2 Å². The van der Waals surface area contributed by atoms with Crippen molar-refractivity contribution in [2.24, 2.45) is 5.73 Å². The van der Waals surface area contributed by atoms with Crippen LogP contribution in [0, 0.1) is 0 Å². The molecule has 1 amide bonds. The highest BCUT2D eigenvalue weighted by molar-refractivity contribution is 6.05. The summed E-state index contributed by atoms with van der Waals surface area (Å²) < 4.78 is 5.42. The van der Waals surface area contributed by atoms with Crippen LogP contribution in [-0.4, -0.2) is 28.7 Å². The number of carbonyl (C=O) groups excluding carboxylic acids is 2. The minimum absolute atomic E-state index is 0.226. The minimum atomic E-state index is -0.487. The lowest BCUT2D eigenvalue weighted by atomic mass is 9.95. The summed E-state index contributed by atoms with van der Waals surface area (Å²) in [5.41, 5.74) is 9.85. The van der Waals surface area contributed by atoms with E-state index in [0.29, 0.717) is 34.7 Å². The molecule has 1 aromatic heterocycles. The summed E-state index contributed by atoms with van der Waals surface area (Å²) in [7, 11) is 0. The van der Waals surface area contributed by atoms with Gasteiger partial charge >= 0.3 is 5.97 Å². The van der Waals surface area contributed by atoms with Gasteiger partial charge in [-0.25, -0.2) is 4.79 Å². The molecular formula is C27H24N4O3. The first-order valence-corrected chi connectivity index (χ1v) is 10.9. The number of esters is 1. The van der Waals surface area contributed by atoms with Crippen LogP contribution in [0.4, 0.5) is 5.82 Å². The van der Waals surface area contributed by atoms with Crippen molar-refractivity contribution in [1.82, 2.24) is 10.2 Å². The predicted molar refractivity (Wildman–Crippen MR) is 131 cm³/mol. The maximum absolute atomic E-state index is 13.2. The number of nitrogens with zero attached hydrogens (tertiary/aromatic N) is 2.